The molecule has 0 spiro atoms. The third-order valence-electron chi connectivity index (χ3n) is 2.59. The van der Waals surface area contributed by atoms with E-state index in [1.165, 1.54) is 17.6 Å². The average molecular weight is 274 g/mol. The predicted octanol–water partition coefficient (Wildman–Crippen LogP) is 3.07. The zero-order valence-electron chi connectivity index (χ0n) is 10.0. The van der Waals surface area contributed by atoms with Crippen LogP contribution in [0.25, 0.3) is 22.2 Å². The standard InChI is InChI=1S/C13H10N2O3S/c1-7-2-3-10(18-7)13-15-9(6-19-13)11-4-8(5-17-11)12(14)16/h2-6H,1H3,(H2,14,16). The lowest BCUT2D eigenvalue weighted by atomic mass is 10.3. The molecule has 0 aliphatic rings. The Morgan fingerprint density at radius 3 is 2.84 bits per heavy atom. The van der Waals surface area contributed by atoms with Crippen LogP contribution in [0.15, 0.2) is 38.7 Å². The number of carbonyl (C=O) groups excluding carboxylic acids is 1. The van der Waals surface area contributed by atoms with Crippen molar-refractivity contribution in [3.05, 3.63) is 41.2 Å². The second kappa shape index (κ2) is 4.40. The largest absolute Gasteiger partial charge is 0.462 e. The van der Waals surface area contributed by atoms with Crippen LogP contribution in [0.5, 0.6) is 0 Å². The molecule has 0 bridgehead atoms. The fourth-order valence-electron chi connectivity index (χ4n) is 1.65. The van der Waals surface area contributed by atoms with Gasteiger partial charge in [0.25, 0.3) is 5.91 Å². The lowest BCUT2D eigenvalue weighted by Crippen LogP contribution is -2.09. The summed E-state index contributed by atoms with van der Waals surface area (Å²) >= 11 is 1.45. The summed E-state index contributed by atoms with van der Waals surface area (Å²) in [6.45, 7) is 1.88. The number of hydrogen-bond acceptors (Lipinski definition) is 5. The number of nitrogens with zero attached hydrogens (tertiary/aromatic N) is 1. The maximum Gasteiger partial charge on any atom is 0.251 e. The summed E-state index contributed by atoms with van der Waals surface area (Å²) < 4.78 is 10.8. The van der Waals surface area contributed by atoms with Crippen LogP contribution in [-0.2, 0) is 0 Å². The van der Waals surface area contributed by atoms with E-state index in [1.54, 1.807) is 6.07 Å². The van der Waals surface area contributed by atoms with E-state index in [9.17, 15) is 4.79 Å². The molecule has 5 nitrogen and oxygen atoms in total. The van der Waals surface area contributed by atoms with Gasteiger partial charge in [0.2, 0.25) is 0 Å². The Labute approximate surface area is 112 Å². The first-order valence-corrected chi connectivity index (χ1v) is 6.42. The van der Waals surface area contributed by atoms with E-state index in [4.69, 9.17) is 14.6 Å². The molecule has 1 amide bonds. The van der Waals surface area contributed by atoms with Gasteiger partial charge in [0, 0.05) is 5.38 Å². The molecule has 0 atom stereocenters. The molecular weight excluding hydrogens is 264 g/mol. The Balaban J connectivity index is 1.94. The van der Waals surface area contributed by atoms with Crippen molar-refractivity contribution in [3.8, 4) is 22.2 Å². The lowest BCUT2D eigenvalue weighted by Gasteiger charge is -1.89. The van der Waals surface area contributed by atoms with Crippen molar-refractivity contribution in [1.29, 1.82) is 0 Å². The van der Waals surface area contributed by atoms with Crippen molar-refractivity contribution >= 4 is 17.2 Å². The zero-order valence-corrected chi connectivity index (χ0v) is 10.9. The molecule has 3 aromatic heterocycles. The molecule has 0 radical (unpaired) electrons. The fraction of sp³-hybridized carbons (Fsp3) is 0.0769. The summed E-state index contributed by atoms with van der Waals surface area (Å²) in [7, 11) is 0. The fourth-order valence-corrected chi connectivity index (χ4v) is 2.42. The van der Waals surface area contributed by atoms with Crippen molar-refractivity contribution in [3.63, 3.8) is 0 Å². The van der Waals surface area contributed by atoms with E-state index in [-0.39, 0.29) is 0 Å². The summed E-state index contributed by atoms with van der Waals surface area (Å²) in [5, 5.41) is 2.61. The highest BCUT2D eigenvalue weighted by Crippen LogP contribution is 2.30. The first-order chi connectivity index (χ1) is 9.13. The molecule has 0 unspecified atom stereocenters. The topological polar surface area (TPSA) is 82.3 Å². The Kier molecular flexibility index (Phi) is 2.72. The number of rotatable bonds is 3. The van der Waals surface area contributed by atoms with Gasteiger partial charge >= 0.3 is 0 Å². The SMILES string of the molecule is Cc1ccc(-c2nc(-c3cc(C(N)=O)co3)cs2)o1. The highest BCUT2D eigenvalue weighted by Gasteiger charge is 2.13. The maximum atomic E-state index is 11.0. The Bertz CT molecular complexity index is 739. The molecule has 2 N–H and O–H groups in total. The van der Waals surface area contributed by atoms with E-state index < -0.39 is 5.91 Å². The van der Waals surface area contributed by atoms with Crippen LogP contribution in [0.2, 0.25) is 0 Å². The molecule has 19 heavy (non-hydrogen) atoms. The normalized spacial score (nSPS) is 10.8. The molecule has 6 heteroatoms. The van der Waals surface area contributed by atoms with Crippen molar-refractivity contribution in [1.82, 2.24) is 4.98 Å². The van der Waals surface area contributed by atoms with Gasteiger partial charge < -0.3 is 14.6 Å². The summed E-state index contributed by atoms with van der Waals surface area (Å²) in [6, 6.07) is 5.33. The monoisotopic (exact) mass is 274 g/mol. The Morgan fingerprint density at radius 1 is 1.37 bits per heavy atom. The van der Waals surface area contributed by atoms with Crippen LogP contribution in [0.4, 0.5) is 0 Å². The minimum absolute atomic E-state index is 0.332. The van der Waals surface area contributed by atoms with Gasteiger partial charge in [-0.25, -0.2) is 4.98 Å². The van der Waals surface area contributed by atoms with Crippen LogP contribution in [0.3, 0.4) is 0 Å². The van der Waals surface area contributed by atoms with Crippen molar-refractivity contribution in [2.24, 2.45) is 5.73 Å². The number of nitrogens with two attached hydrogens (primary N) is 1. The Morgan fingerprint density at radius 2 is 2.21 bits per heavy atom. The van der Waals surface area contributed by atoms with Gasteiger partial charge in [-0.2, -0.15) is 0 Å². The minimum atomic E-state index is -0.521. The number of thiazole rings is 1. The van der Waals surface area contributed by atoms with E-state index in [0.717, 1.165) is 16.5 Å². The van der Waals surface area contributed by atoms with Crippen LogP contribution < -0.4 is 5.73 Å². The van der Waals surface area contributed by atoms with Gasteiger partial charge in [-0.3, -0.25) is 4.79 Å². The zero-order chi connectivity index (χ0) is 13.4. The van der Waals surface area contributed by atoms with Crippen LogP contribution in [-0.4, -0.2) is 10.9 Å². The number of amides is 1. The number of hydrogen-bond donors (Lipinski definition) is 1. The minimum Gasteiger partial charge on any atom is -0.462 e. The van der Waals surface area contributed by atoms with Gasteiger partial charge in [0.05, 0.1) is 5.56 Å². The number of primary amides is 1. The molecular formula is C13H10N2O3S. The van der Waals surface area contributed by atoms with Gasteiger partial charge in [0.15, 0.2) is 16.5 Å². The first-order valence-electron chi connectivity index (χ1n) is 5.54. The molecule has 3 heterocycles. The Hall–Kier alpha value is -2.34. The second-order valence-corrected chi connectivity index (χ2v) is 4.87. The summed E-state index contributed by atoms with van der Waals surface area (Å²) in [5.74, 6) is 1.54. The number of furan rings is 2. The molecule has 0 aliphatic heterocycles. The maximum absolute atomic E-state index is 11.0. The molecule has 0 saturated heterocycles. The van der Waals surface area contributed by atoms with Gasteiger partial charge in [-0.15, -0.1) is 11.3 Å². The predicted molar refractivity (Wildman–Crippen MR) is 70.8 cm³/mol. The lowest BCUT2D eigenvalue weighted by molar-refractivity contribution is 0.0999. The van der Waals surface area contributed by atoms with E-state index in [2.05, 4.69) is 4.98 Å². The van der Waals surface area contributed by atoms with Crippen molar-refractivity contribution in [2.75, 3.05) is 0 Å². The highest BCUT2D eigenvalue weighted by atomic mass is 32.1. The molecule has 0 saturated carbocycles. The summed E-state index contributed by atoms with van der Waals surface area (Å²) in [4.78, 5) is 15.4. The van der Waals surface area contributed by atoms with E-state index in [1.807, 2.05) is 24.4 Å². The second-order valence-electron chi connectivity index (χ2n) is 4.01. The summed E-state index contributed by atoms with van der Waals surface area (Å²) in [6.07, 6.45) is 1.33. The van der Waals surface area contributed by atoms with Gasteiger partial charge in [-0.05, 0) is 25.1 Å². The summed E-state index contributed by atoms with van der Waals surface area (Å²) in [5.41, 5.74) is 6.16. The molecule has 3 rings (SSSR count). The smallest absolute Gasteiger partial charge is 0.251 e. The van der Waals surface area contributed by atoms with Crippen LogP contribution >= 0.6 is 11.3 Å². The average Bonchev–Trinajstić information content (AvgIpc) is 3.07. The quantitative estimate of drug-likeness (QED) is 0.795. The van der Waals surface area contributed by atoms with E-state index >= 15 is 0 Å². The van der Waals surface area contributed by atoms with Gasteiger partial charge in [0.1, 0.15) is 17.7 Å². The van der Waals surface area contributed by atoms with E-state index in [0.29, 0.717) is 17.0 Å². The first kappa shape index (κ1) is 11.7. The molecule has 96 valence electrons. The number of aryl methyl sites for hydroxylation is 1. The third kappa shape index (κ3) is 2.17. The van der Waals surface area contributed by atoms with Crippen molar-refractivity contribution in [2.45, 2.75) is 6.92 Å². The molecule has 0 aliphatic carbocycles. The molecule has 0 aromatic carbocycles. The number of aromatic nitrogens is 1. The number of carbonyl (C=O) groups is 1. The highest BCUT2D eigenvalue weighted by molar-refractivity contribution is 7.13. The molecule has 3 aromatic rings. The van der Waals surface area contributed by atoms with Crippen molar-refractivity contribution < 1.29 is 13.6 Å². The molecule has 0 fully saturated rings. The van der Waals surface area contributed by atoms with Crippen LogP contribution in [0.1, 0.15) is 16.1 Å². The third-order valence-corrected chi connectivity index (χ3v) is 3.45. The van der Waals surface area contributed by atoms with Gasteiger partial charge in [-0.1, -0.05) is 0 Å². The van der Waals surface area contributed by atoms with Crippen LogP contribution in [0, 0.1) is 6.92 Å².